The summed E-state index contributed by atoms with van der Waals surface area (Å²) < 4.78 is 5.73. The molecule has 0 bridgehead atoms. The lowest BCUT2D eigenvalue weighted by atomic mass is 10.2. The maximum absolute atomic E-state index is 10.3. The fraction of sp³-hybridized carbons (Fsp3) is 0.429. The van der Waals surface area contributed by atoms with Crippen molar-refractivity contribution in [2.75, 3.05) is 39.3 Å². The van der Waals surface area contributed by atoms with Gasteiger partial charge in [-0.25, -0.2) is 0 Å². The number of hydrogen-bond donors (Lipinski definition) is 3. The standard InChI is InChI=1S/C21H28N2O2/c1-2-18-8-10-21(11-9-18)25-17-20(24)16-22-12-14-23(15-13-22)19-6-4-3-5-7-19/h3-11,20,24H,2,12-17H2,1H3/p+2. The molecular formula is C21H30N2O2+2. The van der Waals surface area contributed by atoms with Gasteiger partial charge in [0.25, 0.3) is 0 Å². The number of ether oxygens (including phenoxy) is 1. The molecule has 0 spiro atoms. The van der Waals surface area contributed by atoms with Gasteiger partial charge in [0.2, 0.25) is 0 Å². The molecule has 1 atom stereocenters. The van der Waals surface area contributed by atoms with Gasteiger partial charge in [0, 0.05) is 0 Å². The highest BCUT2D eigenvalue weighted by molar-refractivity contribution is 5.28. The van der Waals surface area contributed by atoms with Crippen LogP contribution in [0.25, 0.3) is 0 Å². The zero-order chi connectivity index (χ0) is 17.5. The summed E-state index contributed by atoms with van der Waals surface area (Å²) in [5, 5.41) is 10.3. The Labute approximate surface area is 150 Å². The minimum atomic E-state index is -0.417. The van der Waals surface area contributed by atoms with E-state index in [0.29, 0.717) is 6.61 Å². The summed E-state index contributed by atoms with van der Waals surface area (Å²) in [6.45, 7) is 7.68. The molecule has 25 heavy (non-hydrogen) atoms. The Balaban J connectivity index is 1.39. The predicted octanol–water partition coefficient (Wildman–Crippen LogP) is 0.104. The van der Waals surface area contributed by atoms with Crippen molar-refractivity contribution in [1.29, 1.82) is 0 Å². The molecule has 1 fully saturated rings. The van der Waals surface area contributed by atoms with Crippen molar-refractivity contribution >= 4 is 5.69 Å². The molecule has 0 aliphatic carbocycles. The van der Waals surface area contributed by atoms with E-state index in [-0.39, 0.29) is 0 Å². The van der Waals surface area contributed by atoms with E-state index in [1.807, 2.05) is 12.1 Å². The first-order chi connectivity index (χ1) is 12.2. The van der Waals surface area contributed by atoms with Crippen LogP contribution >= 0.6 is 0 Å². The van der Waals surface area contributed by atoms with Crippen molar-refractivity contribution in [3.05, 3.63) is 60.2 Å². The summed E-state index contributed by atoms with van der Waals surface area (Å²) in [6, 6.07) is 18.8. The first-order valence-corrected chi connectivity index (χ1v) is 9.38. The number of aliphatic hydroxyl groups is 1. The second-order valence-corrected chi connectivity index (χ2v) is 6.89. The van der Waals surface area contributed by atoms with Gasteiger partial charge < -0.3 is 14.7 Å². The van der Waals surface area contributed by atoms with Crippen LogP contribution in [-0.2, 0) is 6.42 Å². The lowest BCUT2D eigenvalue weighted by Crippen LogP contribution is -3.26. The number of nitrogens with one attached hydrogen (secondary N) is 2. The van der Waals surface area contributed by atoms with E-state index in [1.165, 1.54) is 16.2 Å². The maximum Gasteiger partial charge on any atom is 0.137 e. The quantitative estimate of drug-likeness (QED) is 0.668. The van der Waals surface area contributed by atoms with Crippen LogP contribution in [0.3, 0.4) is 0 Å². The van der Waals surface area contributed by atoms with Crippen molar-refractivity contribution in [3.8, 4) is 5.75 Å². The number of rotatable bonds is 7. The second-order valence-electron chi connectivity index (χ2n) is 6.89. The molecular weight excluding hydrogens is 312 g/mol. The Hall–Kier alpha value is -1.88. The number of quaternary nitrogens is 2. The van der Waals surface area contributed by atoms with Crippen LogP contribution in [0.15, 0.2) is 54.6 Å². The number of aliphatic hydroxyl groups excluding tert-OH is 1. The second kappa shape index (κ2) is 8.99. The van der Waals surface area contributed by atoms with Crippen molar-refractivity contribution in [2.24, 2.45) is 0 Å². The third kappa shape index (κ3) is 5.30. The Kier molecular flexibility index (Phi) is 6.45. The summed E-state index contributed by atoms with van der Waals surface area (Å²) in [7, 11) is 0. The van der Waals surface area contributed by atoms with Gasteiger partial charge in [0.1, 0.15) is 56.9 Å². The fourth-order valence-electron chi connectivity index (χ4n) is 3.48. The lowest BCUT2D eigenvalue weighted by molar-refractivity contribution is -0.988. The van der Waals surface area contributed by atoms with E-state index in [0.717, 1.165) is 44.9 Å². The van der Waals surface area contributed by atoms with Gasteiger partial charge in [0.15, 0.2) is 0 Å². The van der Waals surface area contributed by atoms with Gasteiger partial charge in [-0.2, -0.15) is 0 Å². The molecule has 1 aliphatic rings. The van der Waals surface area contributed by atoms with E-state index in [4.69, 9.17) is 4.74 Å². The van der Waals surface area contributed by atoms with E-state index < -0.39 is 6.10 Å². The SMILES string of the molecule is CCc1ccc(OCC(O)C[NH+]2CC[NH+](c3ccccc3)CC2)cc1. The van der Waals surface area contributed by atoms with Crippen LogP contribution in [0.5, 0.6) is 5.75 Å². The summed E-state index contributed by atoms with van der Waals surface area (Å²) in [5.41, 5.74) is 2.68. The maximum atomic E-state index is 10.3. The van der Waals surface area contributed by atoms with Crippen LogP contribution in [0, 0.1) is 0 Å². The molecule has 0 amide bonds. The summed E-state index contributed by atoms with van der Waals surface area (Å²) in [5.74, 6) is 0.838. The van der Waals surface area contributed by atoms with E-state index >= 15 is 0 Å². The highest BCUT2D eigenvalue weighted by atomic mass is 16.5. The average Bonchev–Trinajstić information content (AvgIpc) is 2.68. The molecule has 1 saturated heterocycles. The first-order valence-electron chi connectivity index (χ1n) is 9.38. The summed E-state index contributed by atoms with van der Waals surface area (Å²) in [4.78, 5) is 3.02. The largest absolute Gasteiger partial charge is 0.491 e. The van der Waals surface area contributed by atoms with Gasteiger partial charge in [0.05, 0.1) is 0 Å². The summed E-state index contributed by atoms with van der Waals surface area (Å²) in [6.07, 6.45) is 0.613. The molecule has 3 N–H and O–H groups in total. The molecule has 0 radical (unpaired) electrons. The van der Waals surface area contributed by atoms with Crippen molar-refractivity contribution in [1.82, 2.24) is 0 Å². The zero-order valence-corrected chi connectivity index (χ0v) is 15.1. The number of para-hydroxylation sites is 1. The molecule has 1 unspecified atom stereocenters. The number of hydrogen-bond acceptors (Lipinski definition) is 2. The molecule has 2 aromatic rings. The lowest BCUT2D eigenvalue weighted by Gasteiger charge is -2.30. The van der Waals surface area contributed by atoms with Crippen LogP contribution < -0.4 is 14.5 Å². The molecule has 134 valence electrons. The van der Waals surface area contributed by atoms with Crippen LogP contribution in [0.2, 0.25) is 0 Å². The molecule has 4 nitrogen and oxygen atoms in total. The Bertz CT molecular complexity index is 622. The zero-order valence-electron chi connectivity index (χ0n) is 15.1. The average molecular weight is 342 g/mol. The number of piperazine rings is 1. The molecule has 3 rings (SSSR count). The van der Waals surface area contributed by atoms with Crippen LogP contribution in [0.4, 0.5) is 5.69 Å². The number of benzene rings is 2. The summed E-state index contributed by atoms with van der Waals surface area (Å²) >= 11 is 0. The van der Waals surface area contributed by atoms with E-state index in [9.17, 15) is 5.11 Å². The normalized spacial score (nSPS) is 21.7. The van der Waals surface area contributed by atoms with Crippen LogP contribution in [-0.4, -0.2) is 50.5 Å². The van der Waals surface area contributed by atoms with Gasteiger partial charge in [-0.05, 0) is 36.2 Å². The Morgan fingerprint density at radius 3 is 2.28 bits per heavy atom. The Morgan fingerprint density at radius 1 is 0.960 bits per heavy atom. The minimum absolute atomic E-state index is 0.365. The highest BCUT2D eigenvalue weighted by Crippen LogP contribution is 2.12. The molecule has 2 aromatic carbocycles. The highest BCUT2D eigenvalue weighted by Gasteiger charge is 2.26. The predicted molar refractivity (Wildman–Crippen MR) is 99.7 cm³/mol. The van der Waals surface area contributed by atoms with E-state index in [1.54, 1.807) is 4.90 Å². The van der Waals surface area contributed by atoms with Gasteiger partial charge in [-0.3, -0.25) is 4.90 Å². The third-order valence-corrected chi connectivity index (χ3v) is 5.04. The number of aryl methyl sites for hydroxylation is 1. The third-order valence-electron chi connectivity index (χ3n) is 5.04. The Morgan fingerprint density at radius 2 is 1.64 bits per heavy atom. The van der Waals surface area contributed by atoms with Gasteiger partial charge >= 0.3 is 0 Å². The molecule has 1 aliphatic heterocycles. The molecule has 1 heterocycles. The molecule has 0 aromatic heterocycles. The first kappa shape index (κ1) is 17.9. The van der Waals surface area contributed by atoms with Gasteiger partial charge in [-0.1, -0.05) is 37.3 Å². The fourth-order valence-corrected chi connectivity index (χ4v) is 3.48. The molecule has 0 saturated carbocycles. The van der Waals surface area contributed by atoms with Crippen LogP contribution in [0.1, 0.15) is 12.5 Å². The van der Waals surface area contributed by atoms with Gasteiger partial charge in [-0.15, -0.1) is 0 Å². The smallest absolute Gasteiger partial charge is 0.137 e. The van der Waals surface area contributed by atoms with Crippen molar-refractivity contribution < 1.29 is 19.6 Å². The topological polar surface area (TPSA) is 38.3 Å². The van der Waals surface area contributed by atoms with Crippen molar-refractivity contribution in [2.45, 2.75) is 19.4 Å². The van der Waals surface area contributed by atoms with E-state index in [2.05, 4.69) is 49.4 Å². The monoisotopic (exact) mass is 342 g/mol. The molecule has 4 heteroatoms. The minimum Gasteiger partial charge on any atom is -0.491 e. The van der Waals surface area contributed by atoms with Crippen molar-refractivity contribution in [3.63, 3.8) is 0 Å².